The summed E-state index contributed by atoms with van der Waals surface area (Å²) in [6, 6.07) is 13.4. The van der Waals surface area contributed by atoms with Gasteiger partial charge in [0.05, 0.1) is 35.4 Å². The van der Waals surface area contributed by atoms with Gasteiger partial charge in [-0.1, -0.05) is 51.7 Å². The molecule has 2 saturated heterocycles. The molecule has 11 heteroatoms. The quantitative estimate of drug-likeness (QED) is 0.198. The van der Waals surface area contributed by atoms with Gasteiger partial charge in [-0.15, -0.1) is 0 Å². The number of carbonyl (C=O) groups is 1. The van der Waals surface area contributed by atoms with Gasteiger partial charge in [0.2, 0.25) is 5.82 Å². The molecule has 3 fully saturated rings. The molecule has 2 aliphatic heterocycles. The Bertz CT molecular complexity index is 1550. The summed E-state index contributed by atoms with van der Waals surface area (Å²) < 4.78 is 22.8. The third-order valence-corrected chi connectivity index (χ3v) is 8.95. The van der Waals surface area contributed by atoms with Crippen LogP contribution in [0.25, 0.3) is 22.6 Å². The lowest BCUT2D eigenvalue weighted by molar-refractivity contribution is 0.0138. The molecule has 0 radical (unpaired) electrons. The maximum atomic E-state index is 11.7. The molecule has 3 aliphatic rings. The van der Waals surface area contributed by atoms with Crippen LogP contribution in [-0.4, -0.2) is 46.6 Å². The molecule has 0 spiro atoms. The second-order valence-electron chi connectivity index (χ2n) is 10.9. The van der Waals surface area contributed by atoms with Gasteiger partial charge in [-0.25, -0.2) is 4.79 Å². The number of carbonyl (C=O) groups excluding carboxylic acids is 1. The van der Waals surface area contributed by atoms with E-state index in [1.54, 1.807) is 24.3 Å². The Morgan fingerprint density at radius 3 is 2.34 bits per heavy atom. The largest absolute Gasteiger partial charge is 0.465 e. The highest BCUT2D eigenvalue weighted by atomic mass is 35.5. The van der Waals surface area contributed by atoms with E-state index in [1.807, 2.05) is 18.2 Å². The molecule has 1 aliphatic carbocycles. The molecule has 212 valence electrons. The third-order valence-electron chi connectivity index (χ3n) is 8.32. The van der Waals surface area contributed by atoms with Crippen molar-refractivity contribution in [1.82, 2.24) is 15.3 Å². The predicted octanol–water partition coefficient (Wildman–Crippen LogP) is 7.08. The summed E-state index contributed by atoms with van der Waals surface area (Å²) in [4.78, 5) is 18.7. The molecule has 9 nitrogen and oxygen atoms in total. The first-order chi connectivity index (χ1) is 20.0. The molecule has 7 rings (SSSR count). The Morgan fingerprint density at radius 2 is 1.68 bits per heavy atom. The number of piperidine rings is 1. The number of rotatable bonds is 8. The molecule has 41 heavy (non-hydrogen) atoms. The average molecular weight is 595 g/mol. The highest BCUT2D eigenvalue weighted by molar-refractivity contribution is 6.39. The summed E-state index contributed by atoms with van der Waals surface area (Å²) in [7, 11) is 1.36. The Balaban J connectivity index is 1.05. The van der Waals surface area contributed by atoms with E-state index in [0.717, 1.165) is 55.4 Å². The first-order valence-corrected chi connectivity index (χ1v) is 14.6. The standard InChI is InChI=1S/C30H28Cl2N4O5/c1-38-29(37)18-9-7-17(8-10-18)28-33-30(41-35-28)36-19-11-12-20(36)14-21(13-19)39-15-22-26(34-40-27(22)16-5-6-16)25-23(31)3-2-4-24(25)32/h2-4,7-10,16,19-21H,5-6,11-15H2,1H3/t19-,20+,21?. The fourth-order valence-corrected chi connectivity index (χ4v) is 6.71. The van der Waals surface area contributed by atoms with Crippen molar-refractivity contribution in [3.8, 4) is 22.6 Å². The van der Waals surface area contributed by atoms with Crippen LogP contribution in [0.2, 0.25) is 10.0 Å². The number of anilines is 1. The van der Waals surface area contributed by atoms with Gasteiger partial charge in [0.15, 0.2) is 0 Å². The van der Waals surface area contributed by atoms with E-state index in [-0.39, 0.29) is 24.2 Å². The third kappa shape index (κ3) is 5.00. The zero-order chi connectivity index (χ0) is 28.1. The van der Waals surface area contributed by atoms with Gasteiger partial charge >= 0.3 is 12.0 Å². The zero-order valence-corrected chi connectivity index (χ0v) is 23.9. The number of fused-ring (bicyclic) bond motifs is 2. The lowest BCUT2D eigenvalue weighted by Crippen LogP contribution is -2.45. The molecule has 2 aromatic heterocycles. The van der Waals surface area contributed by atoms with Crippen LogP contribution in [0.1, 0.15) is 66.1 Å². The van der Waals surface area contributed by atoms with Crippen LogP contribution in [0.15, 0.2) is 51.5 Å². The lowest BCUT2D eigenvalue weighted by Gasteiger charge is -2.37. The first kappa shape index (κ1) is 26.5. The summed E-state index contributed by atoms with van der Waals surface area (Å²) in [6.07, 6.45) is 6.04. The van der Waals surface area contributed by atoms with Crippen LogP contribution in [0.5, 0.6) is 0 Å². The van der Waals surface area contributed by atoms with E-state index in [4.69, 9.17) is 46.7 Å². The number of ether oxygens (including phenoxy) is 2. The summed E-state index contributed by atoms with van der Waals surface area (Å²) in [5.74, 6) is 1.36. The number of halogens is 2. The van der Waals surface area contributed by atoms with Crippen molar-refractivity contribution in [3.05, 3.63) is 69.4 Å². The van der Waals surface area contributed by atoms with Crippen molar-refractivity contribution in [1.29, 1.82) is 0 Å². The Hall–Kier alpha value is -3.40. The highest BCUT2D eigenvalue weighted by Crippen LogP contribution is 2.47. The first-order valence-electron chi connectivity index (χ1n) is 13.9. The van der Waals surface area contributed by atoms with Gasteiger partial charge < -0.3 is 23.4 Å². The number of aromatic nitrogens is 3. The second-order valence-corrected chi connectivity index (χ2v) is 11.7. The SMILES string of the molecule is COC(=O)c1ccc(-c2noc(N3[C@@H]4CC[C@H]3CC(OCc3c(-c5c(Cl)cccc5Cl)noc3C3CC3)C4)n2)cc1. The van der Waals surface area contributed by atoms with Gasteiger partial charge in [0, 0.05) is 34.7 Å². The maximum Gasteiger partial charge on any atom is 0.337 e. The van der Waals surface area contributed by atoms with Crippen LogP contribution < -0.4 is 4.90 Å². The topological polar surface area (TPSA) is 104 Å². The molecule has 0 amide bonds. The molecule has 3 atom stereocenters. The van der Waals surface area contributed by atoms with Gasteiger partial charge in [-0.2, -0.15) is 4.98 Å². The number of methoxy groups -OCH3 is 1. The van der Waals surface area contributed by atoms with E-state index in [9.17, 15) is 4.79 Å². The van der Waals surface area contributed by atoms with E-state index >= 15 is 0 Å². The van der Waals surface area contributed by atoms with Crippen molar-refractivity contribution in [2.24, 2.45) is 0 Å². The van der Waals surface area contributed by atoms with Crippen LogP contribution in [0, 0.1) is 0 Å². The van der Waals surface area contributed by atoms with Gasteiger partial charge in [-0.05, 0) is 62.8 Å². The van der Waals surface area contributed by atoms with E-state index in [1.165, 1.54) is 7.11 Å². The monoisotopic (exact) mass is 594 g/mol. The molecule has 4 heterocycles. The number of nitrogens with zero attached hydrogens (tertiary/aromatic N) is 4. The van der Waals surface area contributed by atoms with E-state index in [2.05, 4.69) is 15.2 Å². The van der Waals surface area contributed by atoms with Crippen molar-refractivity contribution in [2.75, 3.05) is 12.0 Å². The summed E-state index contributed by atoms with van der Waals surface area (Å²) in [5.41, 5.74) is 3.54. The van der Waals surface area contributed by atoms with Crippen LogP contribution >= 0.6 is 23.2 Å². The number of esters is 1. The fourth-order valence-electron chi connectivity index (χ4n) is 6.14. The normalized spacial score (nSPS) is 21.8. The highest BCUT2D eigenvalue weighted by Gasteiger charge is 2.44. The molecule has 1 unspecified atom stereocenters. The molecular weight excluding hydrogens is 567 g/mol. The predicted molar refractivity (Wildman–Crippen MR) is 152 cm³/mol. The van der Waals surface area contributed by atoms with Gasteiger partial charge in [0.25, 0.3) is 0 Å². The zero-order valence-electron chi connectivity index (χ0n) is 22.4. The van der Waals surface area contributed by atoms with Crippen LogP contribution in [0.3, 0.4) is 0 Å². The van der Waals surface area contributed by atoms with E-state index in [0.29, 0.717) is 51.2 Å². The number of hydrogen-bond donors (Lipinski definition) is 0. The summed E-state index contributed by atoms with van der Waals surface area (Å²) >= 11 is 13.1. The molecule has 2 bridgehead atoms. The Labute approximate surface area is 246 Å². The fraction of sp³-hybridized carbons (Fsp3) is 0.400. The Kier molecular flexibility index (Phi) is 6.97. The minimum absolute atomic E-state index is 0.0773. The number of hydrogen-bond acceptors (Lipinski definition) is 9. The van der Waals surface area contributed by atoms with E-state index < -0.39 is 0 Å². The minimum Gasteiger partial charge on any atom is -0.465 e. The van der Waals surface area contributed by atoms with Gasteiger partial charge in [-0.3, -0.25) is 0 Å². The molecule has 0 N–H and O–H groups in total. The lowest BCUT2D eigenvalue weighted by atomic mass is 9.99. The minimum atomic E-state index is -0.385. The van der Waals surface area contributed by atoms with Crippen molar-refractivity contribution >= 4 is 35.2 Å². The van der Waals surface area contributed by atoms with Gasteiger partial charge in [0.1, 0.15) is 11.5 Å². The Morgan fingerprint density at radius 1 is 0.976 bits per heavy atom. The molecule has 1 saturated carbocycles. The van der Waals surface area contributed by atoms with Crippen molar-refractivity contribution in [3.63, 3.8) is 0 Å². The average Bonchev–Trinajstić information content (AvgIpc) is 3.45. The molecule has 4 aromatic rings. The number of benzene rings is 2. The second kappa shape index (κ2) is 10.8. The van der Waals surface area contributed by atoms with Crippen molar-refractivity contribution in [2.45, 2.75) is 69.2 Å². The molecule has 2 aromatic carbocycles. The van der Waals surface area contributed by atoms with Crippen LogP contribution in [0.4, 0.5) is 6.01 Å². The van der Waals surface area contributed by atoms with Crippen molar-refractivity contribution < 1.29 is 23.3 Å². The summed E-state index contributed by atoms with van der Waals surface area (Å²) in [6.45, 7) is 0.391. The maximum absolute atomic E-state index is 11.7. The van der Waals surface area contributed by atoms with Crippen LogP contribution in [-0.2, 0) is 16.1 Å². The smallest absolute Gasteiger partial charge is 0.337 e. The summed E-state index contributed by atoms with van der Waals surface area (Å²) in [5, 5.41) is 9.68. The molecular formula is C30H28Cl2N4O5.